The lowest BCUT2D eigenvalue weighted by molar-refractivity contribution is -0.122. The van der Waals surface area contributed by atoms with E-state index in [2.05, 4.69) is 10.2 Å². The molecule has 4 rings (SSSR count). The topological polar surface area (TPSA) is 126 Å². The van der Waals surface area contributed by atoms with Gasteiger partial charge in [0.2, 0.25) is 17.7 Å². The number of anilines is 3. The van der Waals surface area contributed by atoms with Crippen LogP contribution in [0.2, 0.25) is 0 Å². The van der Waals surface area contributed by atoms with Gasteiger partial charge in [0.25, 0.3) is 5.91 Å². The van der Waals surface area contributed by atoms with Gasteiger partial charge in [-0.05, 0) is 51.0 Å². The lowest BCUT2D eigenvalue weighted by Gasteiger charge is -2.20. The van der Waals surface area contributed by atoms with Gasteiger partial charge in [0.05, 0.1) is 11.5 Å². The summed E-state index contributed by atoms with van der Waals surface area (Å²) >= 11 is 0. The molecule has 2 fully saturated rings. The van der Waals surface area contributed by atoms with Crippen LogP contribution in [0.15, 0.2) is 28.7 Å². The molecule has 1 aromatic heterocycles. The number of rotatable bonds is 6. The van der Waals surface area contributed by atoms with Crippen LogP contribution in [0, 0.1) is 12.8 Å². The van der Waals surface area contributed by atoms with E-state index in [1.165, 1.54) is 26.7 Å². The minimum Gasteiger partial charge on any atom is -0.444 e. The molecule has 0 saturated carbocycles. The van der Waals surface area contributed by atoms with E-state index in [-0.39, 0.29) is 47.4 Å². The van der Waals surface area contributed by atoms with Gasteiger partial charge in [0, 0.05) is 37.4 Å². The van der Waals surface area contributed by atoms with Gasteiger partial charge >= 0.3 is 0 Å². The van der Waals surface area contributed by atoms with E-state index in [4.69, 9.17) is 10.2 Å². The molecule has 32 heavy (non-hydrogen) atoms. The van der Waals surface area contributed by atoms with Crippen molar-refractivity contribution in [2.45, 2.75) is 33.1 Å². The Hall–Kier alpha value is -3.62. The Kier molecular flexibility index (Phi) is 5.73. The summed E-state index contributed by atoms with van der Waals surface area (Å²) in [5, 5.41) is 2.54. The summed E-state index contributed by atoms with van der Waals surface area (Å²) in [6, 6.07) is 7.78. The predicted octanol–water partition coefficient (Wildman–Crippen LogP) is 2.48. The van der Waals surface area contributed by atoms with Gasteiger partial charge in [-0.2, -0.15) is 0 Å². The molecule has 2 saturated heterocycles. The van der Waals surface area contributed by atoms with Crippen LogP contribution in [0.3, 0.4) is 0 Å². The van der Waals surface area contributed by atoms with Crippen LogP contribution in [0.5, 0.6) is 0 Å². The largest absolute Gasteiger partial charge is 0.444 e. The van der Waals surface area contributed by atoms with Crippen LogP contribution in [0.25, 0.3) is 0 Å². The van der Waals surface area contributed by atoms with Crippen LogP contribution in [0.4, 0.5) is 17.3 Å². The monoisotopic (exact) mass is 438 g/mol. The summed E-state index contributed by atoms with van der Waals surface area (Å²) in [7, 11) is 0. The van der Waals surface area contributed by atoms with Crippen molar-refractivity contribution >= 4 is 40.8 Å². The number of hydrogen-bond acceptors (Lipinski definition) is 6. The van der Waals surface area contributed by atoms with Crippen molar-refractivity contribution in [3.05, 3.63) is 41.2 Å². The molecule has 2 aliphatic heterocycles. The van der Waals surface area contributed by atoms with E-state index < -0.39 is 17.7 Å². The number of carbonyl (C=O) groups is 4. The van der Waals surface area contributed by atoms with Gasteiger partial charge in [-0.1, -0.05) is 0 Å². The van der Waals surface area contributed by atoms with Gasteiger partial charge in [-0.15, -0.1) is 0 Å². The number of Topliss-reactive ketones (excluding diaryl/α,β-unsaturated/α-hetero) is 1. The maximum absolute atomic E-state index is 12.8. The molecule has 3 amide bonds. The van der Waals surface area contributed by atoms with Crippen molar-refractivity contribution in [1.29, 1.82) is 0 Å². The summed E-state index contributed by atoms with van der Waals surface area (Å²) in [4.78, 5) is 53.1. The Bertz CT molecular complexity index is 1080. The number of benzene rings is 1. The van der Waals surface area contributed by atoms with Gasteiger partial charge in [0.1, 0.15) is 11.3 Å². The average molecular weight is 438 g/mol. The Balaban J connectivity index is 1.47. The maximum atomic E-state index is 12.8. The molecule has 0 radical (unpaired) electrons. The Labute approximate surface area is 185 Å². The van der Waals surface area contributed by atoms with E-state index in [0.717, 1.165) is 24.5 Å². The average Bonchev–Trinajstić information content (AvgIpc) is 3.47. The SMILES string of the molecule is CC(=O)c1c(C)oc(NC(=O)C2CC(=O)N(c3ccc(N4CCCC4)cc3)C2)c1C(N)=O. The summed E-state index contributed by atoms with van der Waals surface area (Å²) in [6.07, 6.45) is 2.40. The fraction of sp³-hybridized carbons (Fsp3) is 0.391. The van der Waals surface area contributed by atoms with E-state index in [0.29, 0.717) is 0 Å². The molecule has 1 unspecified atom stereocenters. The highest BCUT2D eigenvalue weighted by molar-refractivity contribution is 6.12. The van der Waals surface area contributed by atoms with Crippen molar-refractivity contribution in [2.24, 2.45) is 11.7 Å². The molecule has 1 aromatic carbocycles. The molecule has 9 heteroatoms. The van der Waals surface area contributed by atoms with Crippen LogP contribution >= 0.6 is 0 Å². The first-order valence-electron chi connectivity index (χ1n) is 10.7. The summed E-state index contributed by atoms with van der Waals surface area (Å²) < 4.78 is 5.44. The molecule has 3 heterocycles. The number of nitrogens with one attached hydrogen (secondary N) is 1. The molecule has 0 bridgehead atoms. The van der Waals surface area contributed by atoms with Crippen molar-refractivity contribution in [3.8, 4) is 0 Å². The number of nitrogens with two attached hydrogens (primary N) is 1. The standard InChI is InChI=1S/C23H26N4O5/c1-13(28)19-14(2)32-23(20(19)21(24)30)25-22(31)15-11-18(29)27(12-15)17-7-5-16(6-8-17)26-9-3-4-10-26/h5-8,15H,3-4,9-12H2,1-2H3,(H2,24,30)(H,25,31). The Morgan fingerprint density at radius 3 is 2.28 bits per heavy atom. The highest BCUT2D eigenvalue weighted by Crippen LogP contribution is 2.31. The zero-order valence-electron chi connectivity index (χ0n) is 18.1. The van der Waals surface area contributed by atoms with Gasteiger partial charge < -0.3 is 20.0 Å². The maximum Gasteiger partial charge on any atom is 0.255 e. The van der Waals surface area contributed by atoms with Crippen molar-refractivity contribution in [2.75, 3.05) is 34.8 Å². The number of primary amides is 1. The van der Waals surface area contributed by atoms with Crippen LogP contribution in [-0.4, -0.2) is 43.1 Å². The number of hydrogen-bond donors (Lipinski definition) is 2. The van der Waals surface area contributed by atoms with E-state index >= 15 is 0 Å². The molecular formula is C23H26N4O5. The number of furan rings is 1. The third kappa shape index (κ3) is 3.98. The third-order valence-corrected chi connectivity index (χ3v) is 6.05. The van der Waals surface area contributed by atoms with E-state index in [1.807, 2.05) is 24.3 Å². The first-order chi connectivity index (χ1) is 15.3. The van der Waals surface area contributed by atoms with Crippen molar-refractivity contribution in [3.63, 3.8) is 0 Å². The van der Waals surface area contributed by atoms with E-state index in [9.17, 15) is 19.2 Å². The summed E-state index contributed by atoms with van der Waals surface area (Å²) in [5.74, 6) is -2.48. The van der Waals surface area contributed by atoms with Crippen LogP contribution in [0.1, 0.15) is 52.7 Å². The minimum absolute atomic E-state index is 0.0326. The molecule has 2 aliphatic rings. The third-order valence-electron chi connectivity index (χ3n) is 6.05. The molecule has 0 spiro atoms. The molecule has 168 valence electrons. The number of nitrogens with zero attached hydrogens (tertiary/aromatic N) is 2. The Morgan fingerprint density at radius 1 is 1.06 bits per heavy atom. The lowest BCUT2D eigenvalue weighted by atomic mass is 10.1. The minimum atomic E-state index is -0.871. The zero-order chi connectivity index (χ0) is 23.0. The van der Waals surface area contributed by atoms with Gasteiger partial charge in [-0.25, -0.2) is 0 Å². The number of aryl methyl sites for hydroxylation is 1. The predicted molar refractivity (Wildman–Crippen MR) is 119 cm³/mol. The van der Waals surface area contributed by atoms with Crippen LogP contribution in [-0.2, 0) is 9.59 Å². The van der Waals surface area contributed by atoms with Crippen molar-refractivity contribution < 1.29 is 23.6 Å². The molecule has 3 N–H and O–H groups in total. The quantitative estimate of drug-likeness (QED) is 0.668. The summed E-state index contributed by atoms with van der Waals surface area (Å²) in [6.45, 7) is 5.09. The zero-order valence-corrected chi connectivity index (χ0v) is 18.1. The van der Waals surface area contributed by atoms with Gasteiger partial charge in [-0.3, -0.25) is 24.5 Å². The second-order valence-electron chi connectivity index (χ2n) is 8.26. The molecular weight excluding hydrogens is 412 g/mol. The first kappa shape index (κ1) is 21.6. The summed E-state index contributed by atoms with van der Waals surface area (Å²) in [5.41, 5.74) is 7.17. The number of ketones is 1. The Morgan fingerprint density at radius 2 is 1.69 bits per heavy atom. The lowest BCUT2D eigenvalue weighted by Crippen LogP contribution is -2.28. The number of amides is 3. The molecule has 0 aliphatic carbocycles. The second-order valence-corrected chi connectivity index (χ2v) is 8.26. The smallest absolute Gasteiger partial charge is 0.255 e. The number of carbonyl (C=O) groups excluding carboxylic acids is 4. The second kappa shape index (κ2) is 8.49. The van der Waals surface area contributed by atoms with E-state index in [1.54, 1.807) is 4.90 Å². The van der Waals surface area contributed by atoms with Crippen LogP contribution < -0.4 is 20.9 Å². The highest BCUT2D eigenvalue weighted by Gasteiger charge is 2.36. The highest BCUT2D eigenvalue weighted by atomic mass is 16.4. The first-order valence-corrected chi connectivity index (χ1v) is 10.7. The molecule has 9 nitrogen and oxygen atoms in total. The molecule has 2 aromatic rings. The molecule has 1 atom stereocenters. The fourth-order valence-corrected chi connectivity index (χ4v) is 4.46. The normalized spacial score (nSPS) is 18.3. The van der Waals surface area contributed by atoms with Gasteiger partial charge in [0.15, 0.2) is 5.78 Å². The fourth-order valence-electron chi connectivity index (χ4n) is 4.46. The van der Waals surface area contributed by atoms with Crippen molar-refractivity contribution in [1.82, 2.24) is 0 Å².